The molecule has 0 aliphatic heterocycles. The van der Waals surface area contributed by atoms with Crippen LogP contribution in [-0.4, -0.2) is 50.2 Å². The van der Waals surface area contributed by atoms with Crippen LogP contribution in [0.25, 0.3) is 0 Å². The predicted molar refractivity (Wildman–Crippen MR) is 72.6 cm³/mol. The zero-order valence-corrected chi connectivity index (χ0v) is 11.8. The largest absolute Gasteiger partial charge is 0.368 e. The number of primary amides is 1. The molecule has 8 nitrogen and oxygen atoms in total. The second-order valence-electron chi connectivity index (χ2n) is 4.30. The molecule has 2 atom stereocenters. The summed E-state index contributed by atoms with van der Waals surface area (Å²) in [5, 5.41) is 7.62. The molecule has 0 radical (unpaired) electrons. The number of amides is 3. The molecule has 8 heteroatoms. The Bertz CT molecular complexity index is 359. The summed E-state index contributed by atoms with van der Waals surface area (Å²) in [5.74, 6) is -1.09. The first kappa shape index (κ1) is 18.0. The van der Waals surface area contributed by atoms with E-state index in [9.17, 15) is 19.2 Å². The van der Waals surface area contributed by atoms with Gasteiger partial charge >= 0.3 is 0 Å². The quantitative estimate of drug-likeness (QED) is 0.347. The third kappa shape index (κ3) is 7.47. The van der Waals surface area contributed by atoms with E-state index in [0.717, 1.165) is 0 Å². The summed E-state index contributed by atoms with van der Waals surface area (Å²) in [6.45, 7) is 0. The molecule has 0 rings (SSSR count). The first-order valence-electron chi connectivity index (χ1n) is 6.36. The number of likely N-dealkylation sites (N-methyl/N-ethyl adjacent to an activating group) is 1. The Morgan fingerprint density at radius 2 is 1.70 bits per heavy atom. The van der Waals surface area contributed by atoms with Crippen molar-refractivity contribution in [2.75, 3.05) is 14.1 Å². The number of carbonyl (C=O) groups is 4. The topological polar surface area (TPSA) is 130 Å². The van der Waals surface area contributed by atoms with Crippen LogP contribution >= 0.6 is 0 Å². The molecule has 0 saturated carbocycles. The summed E-state index contributed by atoms with van der Waals surface area (Å²) >= 11 is 0. The second-order valence-corrected chi connectivity index (χ2v) is 4.30. The first-order chi connectivity index (χ1) is 9.44. The zero-order chi connectivity index (χ0) is 15.5. The van der Waals surface area contributed by atoms with E-state index in [1.807, 2.05) is 0 Å². The predicted octanol–water partition coefficient (Wildman–Crippen LogP) is -1.95. The van der Waals surface area contributed by atoms with Gasteiger partial charge in [-0.3, -0.25) is 14.4 Å². The van der Waals surface area contributed by atoms with Crippen LogP contribution in [0.3, 0.4) is 0 Å². The average molecular weight is 286 g/mol. The molecule has 0 fully saturated rings. The van der Waals surface area contributed by atoms with Gasteiger partial charge in [0.1, 0.15) is 6.29 Å². The van der Waals surface area contributed by atoms with Crippen molar-refractivity contribution in [2.45, 2.75) is 37.8 Å². The molecule has 3 amide bonds. The lowest BCUT2D eigenvalue weighted by atomic mass is 10.1. The number of rotatable bonds is 10. The monoisotopic (exact) mass is 286 g/mol. The van der Waals surface area contributed by atoms with Gasteiger partial charge < -0.3 is 26.5 Å². The molecule has 0 aliphatic carbocycles. The third-order valence-electron chi connectivity index (χ3n) is 2.82. The maximum atomic E-state index is 11.6. The average Bonchev–Trinajstić information content (AvgIpc) is 2.43. The van der Waals surface area contributed by atoms with Crippen LogP contribution in [0, 0.1) is 0 Å². The van der Waals surface area contributed by atoms with E-state index in [2.05, 4.69) is 16.0 Å². The van der Waals surface area contributed by atoms with Crippen molar-refractivity contribution in [1.82, 2.24) is 16.0 Å². The lowest BCUT2D eigenvalue weighted by molar-refractivity contribution is -0.126. The van der Waals surface area contributed by atoms with Gasteiger partial charge in [0.15, 0.2) is 0 Å². The van der Waals surface area contributed by atoms with Gasteiger partial charge in [-0.05, 0) is 19.9 Å². The van der Waals surface area contributed by atoms with Gasteiger partial charge in [-0.15, -0.1) is 0 Å². The fourth-order valence-corrected chi connectivity index (χ4v) is 1.57. The van der Waals surface area contributed by atoms with E-state index < -0.39 is 18.0 Å². The molecule has 0 aromatic heterocycles. The Balaban J connectivity index is 4.12. The minimum atomic E-state index is -0.707. The van der Waals surface area contributed by atoms with Crippen molar-refractivity contribution >= 4 is 24.0 Å². The van der Waals surface area contributed by atoms with Crippen LogP contribution < -0.4 is 21.7 Å². The smallest absolute Gasteiger partial charge is 0.234 e. The van der Waals surface area contributed by atoms with Gasteiger partial charge in [0.25, 0.3) is 0 Å². The maximum Gasteiger partial charge on any atom is 0.234 e. The Morgan fingerprint density at radius 3 is 2.15 bits per heavy atom. The molecular weight excluding hydrogens is 264 g/mol. The van der Waals surface area contributed by atoms with E-state index in [4.69, 9.17) is 5.73 Å². The zero-order valence-electron chi connectivity index (χ0n) is 11.8. The molecule has 0 aromatic carbocycles. The third-order valence-corrected chi connectivity index (χ3v) is 2.82. The Labute approximate surface area is 117 Å². The molecule has 0 bridgehead atoms. The molecule has 114 valence electrons. The van der Waals surface area contributed by atoms with E-state index >= 15 is 0 Å². The fraction of sp³-hybridized carbons (Fsp3) is 0.667. The molecule has 0 aromatic rings. The molecular formula is C12H22N4O4. The van der Waals surface area contributed by atoms with Crippen LogP contribution in [0.5, 0.6) is 0 Å². The van der Waals surface area contributed by atoms with E-state index in [0.29, 0.717) is 6.29 Å². The number of hydrogen-bond acceptors (Lipinski definition) is 5. The van der Waals surface area contributed by atoms with E-state index in [1.165, 1.54) is 7.05 Å². The summed E-state index contributed by atoms with van der Waals surface area (Å²) < 4.78 is 0. The van der Waals surface area contributed by atoms with Gasteiger partial charge in [0.2, 0.25) is 17.7 Å². The SMILES string of the molecule is CNC(=O)CCC(C=O)NC(=O)CCC(NC)C(N)=O. The minimum absolute atomic E-state index is 0.0682. The van der Waals surface area contributed by atoms with Crippen molar-refractivity contribution in [3.63, 3.8) is 0 Å². The first-order valence-corrected chi connectivity index (χ1v) is 6.36. The molecule has 0 spiro atoms. The molecule has 0 aliphatic rings. The molecule has 0 heterocycles. The van der Waals surface area contributed by atoms with Crippen molar-refractivity contribution in [3.8, 4) is 0 Å². The normalized spacial score (nSPS) is 13.1. The molecule has 5 N–H and O–H groups in total. The number of hydrogen-bond donors (Lipinski definition) is 4. The summed E-state index contributed by atoms with van der Waals surface area (Å²) in [4.78, 5) is 44.4. The number of aldehydes is 1. The van der Waals surface area contributed by atoms with E-state index in [1.54, 1.807) is 7.05 Å². The summed E-state index contributed by atoms with van der Waals surface area (Å²) in [5.41, 5.74) is 5.12. The number of carbonyl (C=O) groups excluding carboxylic acids is 4. The summed E-state index contributed by atoms with van der Waals surface area (Å²) in [6, 6.07) is -1.29. The van der Waals surface area contributed by atoms with Crippen LogP contribution in [0.1, 0.15) is 25.7 Å². The lowest BCUT2D eigenvalue weighted by Gasteiger charge is -2.14. The van der Waals surface area contributed by atoms with Crippen LogP contribution in [0.4, 0.5) is 0 Å². The molecule has 2 unspecified atom stereocenters. The Kier molecular flexibility index (Phi) is 8.93. The lowest BCUT2D eigenvalue weighted by Crippen LogP contribution is -2.41. The highest BCUT2D eigenvalue weighted by atomic mass is 16.2. The Hall–Kier alpha value is -1.96. The van der Waals surface area contributed by atoms with Crippen molar-refractivity contribution in [3.05, 3.63) is 0 Å². The maximum absolute atomic E-state index is 11.6. The fourth-order valence-electron chi connectivity index (χ4n) is 1.57. The number of nitrogens with one attached hydrogen (secondary N) is 3. The van der Waals surface area contributed by atoms with Crippen LogP contribution in [-0.2, 0) is 19.2 Å². The van der Waals surface area contributed by atoms with Crippen molar-refractivity contribution in [1.29, 1.82) is 0 Å². The van der Waals surface area contributed by atoms with Crippen molar-refractivity contribution in [2.24, 2.45) is 5.73 Å². The standard InChI is InChI=1S/C12H22N4O4/c1-14-9(12(13)20)4-6-11(19)16-8(7-17)3-5-10(18)15-2/h7-9,14H,3-6H2,1-2H3,(H2,13,20)(H,15,18)(H,16,19). The summed E-state index contributed by atoms with van der Waals surface area (Å²) in [7, 11) is 3.07. The highest BCUT2D eigenvalue weighted by molar-refractivity contribution is 5.83. The van der Waals surface area contributed by atoms with E-state index in [-0.39, 0.29) is 37.5 Å². The van der Waals surface area contributed by atoms with Gasteiger partial charge in [0.05, 0.1) is 12.1 Å². The second kappa shape index (κ2) is 9.90. The van der Waals surface area contributed by atoms with Crippen molar-refractivity contribution < 1.29 is 19.2 Å². The minimum Gasteiger partial charge on any atom is -0.368 e. The highest BCUT2D eigenvalue weighted by Gasteiger charge is 2.17. The van der Waals surface area contributed by atoms with Gasteiger partial charge in [-0.25, -0.2) is 0 Å². The Morgan fingerprint density at radius 1 is 1.10 bits per heavy atom. The number of nitrogens with two attached hydrogens (primary N) is 1. The summed E-state index contributed by atoms with van der Waals surface area (Å²) in [6.07, 6.45) is 1.29. The van der Waals surface area contributed by atoms with Gasteiger partial charge in [0, 0.05) is 19.9 Å². The van der Waals surface area contributed by atoms with Gasteiger partial charge in [-0.2, -0.15) is 0 Å². The highest BCUT2D eigenvalue weighted by Crippen LogP contribution is 1.99. The van der Waals surface area contributed by atoms with Crippen LogP contribution in [0.2, 0.25) is 0 Å². The van der Waals surface area contributed by atoms with Crippen LogP contribution in [0.15, 0.2) is 0 Å². The van der Waals surface area contributed by atoms with Gasteiger partial charge in [-0.1, -0.05) is 0 Å². The molecule has 0 saturated heterocycles. The molecule has 20 heavy (non-hydrogen) atoms.